The summed E-state index contributed by atoms with van der Waals surface area (Å²) in [6, 6.07) is 5.47. The van der Waals surface area contributed by atoms with Gasteiger partial charge in [-0.25, -0.2) is 9.18 Å². The third kappa shape index (κ3) is 5.32. The smallest absolute Gasteiger partial charge is 0.352 e. The Morgan fingerprint density at radius 1 is 1.07 bits per heavy atom. The molecule has 0 N–H and O–H groups in total. The molecule has 0 bridgehead atoms. The molecule has 0 saturated carbocycles. The zero-order valence-electron chi connectivity index (χ0n) is 24.0. The second-order valence-electron chi connectivity index (χ2n) is 11.6. The maximum absolute atomic E-state index is 14.9. The van der Waals surface area contributed by atoms with Gasteiger partial charge >= 0.3 is 11.9 Å². The van der Waals surface area contributed by atoms with Crippen molar-refractivity contribution < 1.29 is 22.4 Å². The summed E-state index contributed by atoms with van der Waals surface area (Å²) < 4.78 is 60.2. The van der Waals surface area contributed by atoms with Crippen molar-refractivity contribution in [2.75, 3.05) is 36.8 Å². The SMILES string of the molecule is C=CC(=O)N1[C@H](C)CN(c2nc(=O)n3c4c(c(-c5ccc(F)cc5)c(C(F)(F)F)cc24)SCC(N2CCCC2)C3)C[C@@H]1C. The fraction of sp³-hybridized carbons (Fsp3) is 0.452. The molecule has 1 aromatic heterocycles. The molecule has 2 fully saturated rings. The molecular weight excluding hydrogens is 582 g/mol. The summed E-state index contributed by atoms with van der Waals surface area (Å²) in [5.74, 6) is -0.101. The van der Waals surface area contributed by atoms with Gasteiger partial charge in [0.2, 0.25) is 5.91 Å². The summed E-state index contributed by atoms with van der Waals surface area (Å²) in [6.45, 7) is 9.93. The molecule has 12 heteroatoms. The van der Waals surface area contributed by atoms with E-state index in [-0.39, 0.29) is 59.5 Å². The number of hydrogen-bond acceptors (Lipinski definition) is 6. The van der Waals surface area contributed by atoms with Crippen molar-refractivity contribution >= 4 is 34.4 Å². The van der Waals surface area contributed by atoms with E-state index in [1.807, 2.05) is 18.7 Å². The molecule has 2 saturated heterocycles. The largest absolute Gasteiger partial charge is 0.417 e. The highest BCUT2D eigenvalue weighted by Crippen LogP contribution is 2.48. The first-order valence-electron chi connectivity index (χ1n) is 14.5. The van der Waals surface area contributed by atoms with Gasteiger partial charge in [0.15, 0.2) is 0 Å². The Kier molecular flexibility index (Phi) is 7.78. The van der Waals surface area contributed by atoms with E-state index in [1.54, 1.807) is 4.90 Å². The lowest BCUT2D eigenvalue weighted by molar-refractivity contribution is -0.137. The molecule has 0 aliphatic carbocycles. The van der Waals surface area contributed by atoms with Crippen LogP contribution in [0, 0.1) is 5.82 Å². The van der Waals surface area contributed by atoms with Gasteiger partial charge in [0.1, 0.15) is 11.6 Å². The molecule has 2 aromatic carbocycles. The minimum atomic E-state index is -4.73. The quantitative estimate of drug-likeness (QED) is 0.289. The summed E-state index contributed by atoms with van der Waals surface area (Å²) in [6.07, 6.45) is -1.42. The maximum Gasteiger partial charge on any atom is 0.417 e. The van der Waals surface area contributed by atoms with E-state index in [9.17, 15) is 27.2 Å². The second kappa shape index (κ2) is 11.3. The van der Waals surface area contributed by atoms with Crippen LogP contribution in [0.5, 0.6) is 0 Å². The Balaban J connectivity index is 1.60. The number of nitrogens with zero attached hydrogens (tertiary/aromatic N) is 5. The van der Waals surface area contributed by atoms with E-state index in [0.29, 0.717) is 22.7 Å². The number of hydrogen-bond donors (Lipinski definition) is 0. The molecule has 4 heterocycles. The summed E-state index contributed by atoms with van der Waals surface area (Å²) in [5.41, 5.74) is -0.790. The van der Waals surface area contributed by atoms with Crippen LogP contribution in [0.4, 0.5) is 23.4 Å². The van der Waals surface area contributed by atoms with Crippen molar-refractivity contribution in [1.29, 1.82) is 0 Å². The number of carbonyl (C=O) groups excluding carboxylic acids is 1. The number of carbonyl (C=O) groups is 1. The van der Waals surface area contributed by atoms with Gasteiger partial charge in [-0.2, -0.15) is 18.2 Å². The van der Waals surface area contributed by atoms with Crippen LogP contribution in [0.1, 0.15) is 32.3 Å². The normalized spacial score (nSPS) is 23.1. The molecule has 6 rings (SSSR count). The van der Waals surface area contributed by atoms with Gasteiger partial charge in [-0.15, -0.1) is 11.8 Å². The highest BCUT2D eigenvalue weighted by molar-refractivity contribution is 7.99. The van der Waals surface area contributed by atoms with Crippen LogP contribution in [-0.2, 0) is 17.5 Å². The van der Waals surface area contributed by atoms with Crippen LogP contribution in [-0.4, -0.2) is 75.3 Å². The third-order valence-electron chi connectivity index (χ3n) is 8.75. The average molecular weight is 616 g/mol. The topological polar surface area (TPSA) is 61.7 Å². The van der Waals surface area contributed by atoms with E-state index in [0.717, 1.165) is 44.1 Å². The van der Waals surface area contributed by atoms with Gasteiger partial charge in [-0.1, -0.05) is 18.7 Å². The summed E-state index contributed by atoms with van der Waals surface area (Å²) >= 11 is 1.32. The van der Waals surface area contributed by atoms with Crippen molar-refractivity contribution in [1.82, 2.24) is 19.4 Å². The number of likely N-dealkylation sites (tertiary alicyclic amines) is 1. The monoisotopic (exact) mass is 615 g/mol. The standard InChI is InChI=1S/C31H33F4N5O2S/c1-4-25(41)40-18(2)14-38(15-19(40)3)29-23-13-24(31(33,34)35)26(20-7-9-21(32)10-8-20)28-27(23)39(30(42)36-29)16-22(17-43-28)37-11-5-6-12-37/h4,7-10,13,18-19,22H,1,5-6,11-12,14-17H2,2-3H3/t18-,19+,22?. The highest BCUT2D eigenvalue weighted by Gasteiger charge is 2.40. The van der Waals surface area contributed by atoms with Crippen molar-refractivity contribution in [2.24, 2.45) is 0 Å². The molecule has 0 radical (unpaired) electrons. The minimum absolute atomic E-state index is 0.0551. The Bertz CT molecular complexity index is 1620. The predicted octanol–water partition coefficient (Wildman–Crippen LogP) is 5.40. The Labute approximate surface area is 251 Å². The average Bonchev–Trinajstić information content (AvgIpc) is 3.42. The van der Waals surface area contributed by atoms with Crippen LogP contribution in [0.3, 0.4) is 0 Å². The van der Waals surface area contributed by atoms with Crippen LogP contribution >= 0.6 is 11.8 Å². The van der Waals surface area contributed by atoms with E-state index in [1.165, 1.54) is 34.5 Å². The number of alkyl halides is 3. The van der Waals surface area contributed by atoms with Gasteiger partial charge in [0.25, 0.3) is 0 Å². The minimum Gasteiger partial charge on any atom is -0.352 e. The number of rotatable bonds is 4. The number of benzene rings is 2. The number of aromatic nitrogens is 2. The molecular formula is C31H33F4N5O2S. The summed E-state index contributed by atoms with van der Waals surface area (Å²) in [5, 5.41) is 0.241. The van der Waals surface area contributed by atoms with Gasteiger partial charge in [0.05, 0.1) is 11.1 Å². The third-order valence-corrected chi connectivity index (χ3v) is 9.99. The van der Waals surface area contributed by atoms with E-state index in [2.05, 4.69) is 16.5 Å². The number of halogens is 4. The predicted molar refractivity (Wildman–Crippen MR) is 160 cm³/mol. The van der Waals surface area contributed by atoms with E-state index < -0.39 is 23.2 Å². The molecule has 43 heavy (non-hydrogen) atoms. The summed E-state index contributed by atoms with van der Waals surface area (Å²) in [4.78, 5) is 36.9. The van der Waals surface area contributed by atoms with Gasteiger partial charge in [-0.05, 0) is 69.6 Å². The fourth-order valence-electron chi connectivity index (χ4n) is 6.88. The van der Waals surface area contributed by atoms with Crippen LogP contribution in [0.15, 0.2) is 52.7 Å². The molecule has 1 amide bonds. The van der Waals surface area contributed by atoms with E-state index >= 15 is 0 Å². The zero-order valence-corrected chi connectivity index (χ0v) is 24.8. The molecule has 7 nitrogen and oxygen atoms in total. The lowest BCUT2D eigenvalue weighted by atomic mass is 9.96. The molecule has 3 aliphatic rings. The number of piperazine rings is 1. The van der Waals surface area contributed by atoms with Crippen molar-refractivity contribution in [3.8, 4) is 11.1 Å². The Morgan fingerprint density at radius 3 is 2.33 bits per heavy atom. The first kappa shape index (κ1) is 29.7. The second-order valence-corrected chi connectivity index (χ2v) is 12.6. The number of anilines is 1. The first-order valence-corrected chi connectivity index (χ1v) is 15.5. The van der Waals surface area contributed by atoms with Crippen molar-refractivity contribution in [3.63, 3.8) is 0 Å². The lowest BCUT2D eigenvalue weighted by Gasteiger charge is -2.44. The van der Waals surface area contributed by atoms with Crippen LogP contribution in [0.2, 0.25) is 0 Å². The van der Waals surface area contributed by atoms with E-state index in [4.69, 9.17) is 0 Å². The molecule has 0 spiro atoms. The molecule has 3 aromatic rings. The van der Waals surface area contributed by atoms with Gasteiger partial charge in [-0.3, -0.25) is 14.3 Å². The molecule has 3 aliphatic heterocycles. The van der Waals surface area contributed by atoms with Gasteiger partial charge < -0.3 is 9.80 Å². The molecule has 1 unspecified atom stereocenters. The maximum atomic E-state index is 14.9. The van der Waals surface area contributed by atoms with Crippen molar-refractivity contribution in [3.05, 3.63) is 64.9 Å². The first-order chi connectivity index (χ1) is 20.5. The number of thioether (sulfide) groups is 1. The fourth-order valence-corrected chi connectivity index (χ4v) is 8.28. The highest BCUT2D eigenvalue weighted by atomic mass is 32.2. The van der Waals surface area contributed by atoms with Crippen LogP contribution in [0.25, 0.3) is 22.0 Å². The Hall–Kier alpha value is -3.38. The number of amides is 1. The molecule has 228 valence electrons. The van der Waals surface area contributed by atoms with Crippen LogP contribution < -0.4 is 10.6 Å². The Morgan fingerprint density at radius 2 is 1.72 bits per heavy atom. The van der Waals surface area contributed by atoms with Crippen molar-refractivity contribution in [2.45, 2.75) is 62.4 Å². The zero-order chi connectivity index (χ0) is 30.6. The lowest BCUT2D eigenvalue weighted by Crippen LogP contribution is -2.58. The van der Waals surface area contributed by atoms with Gasteiger partial charge in [0, 0.05) is 59.4 Å². The molecule has 3 atom stereocenters. The summed E-state index contributed by atoms with van der Waals surface area (Å²) in [7, 11) is 0.